The van der Waals surface area contributed by atoms with Gasteiger partial charge in [-0.1, -0.05) is 60.2 Å². The lowest BCUT2D eigenvalue weighted by Crippen LogP contribution is -2.45. The summed E-state index contributed by atoms with van der Waals surface area (Å²) in [7, 11) is 0. The monoisotopic (exact) mass is 373 g/mol. The van der Waals surface area contributed by atoms with Gasteiger partial charge in [0.2, 0.25) is 11.8 Å². The van der Waals surface area contributed by atoms with Gasteiger partial charge >= 0.3 is 0 Å². The molecule has 2 unspecified atom stereocenters. The van der Waals surface area contributed by atoms with E-state index in [1.165, 1.54) is 0 Å². The Balaban J connectivity index is 0.00000243. The minimum Gasteiger partial charge on any atom is -0.343 e. The van der Waals surface area contributed by atoms with Crippen LogP contribution in [0.1, 0.15) is 29.2 Å². The molecular formula is C20H24ClN3O2. The molecule has 0 aromatic heterocycles. The van der Waals surface area contributed by atoms with Crippen LogP contribution in [0.5, 0.6) is 0 Å². The molecule has 2 amide bonds. The fraction of sp³-hybridized carbons (Fsp3) is 0.300. The Kier molecular flexibility index (Phi) is 6.77. The van der Waals surface area contributed by atoms with Crippen molar-refractivity contribution in [2.24, 2.45) is 5.73 Å². The first-order chi connectivity index (χ1) is 12.0. The molecule has 0 spiro atoms. The quantitative estimate of drug-likeness (QED) is 0.844. The highest BCUT2D eigenvalue weighted by Gasteiger charge is 2.33. The van der Waals surface area contributed by atoms with Crippen LogP contribution >= 0.6 is 12.4 Å². The van der Waals surface area contributed by atoms with Gasteiger partial charge in [-0.3, -0.25) is 9.59 Å². The standard InChI is InChI=1S/C20H23N3O2.ClH/c1-14-7-9-16(10-8-14)18(21)19(24)22-17-11-12-23(20(17)25)13-15-5-3-2-4-6-15;/h2-10,17-18H,11-13,21H2,1H3,(H,22,24);1H. The van der Waals surface area contributed by atoms with Gasteiger partial charge < -0.3 is 16.0 Å². The third-order valence-corrected chi connectivity index (χ3v) is 4.55. The lowest BCUT2D eigenvalue weighted by Gasteiger charge is -2.19. The van der Waals surface area contributed by atoms with Gasteiger partial charge in [0.25, 0.3) is 0 Å². The number of halogens is 1. The van der Waals surface area contributed by atoms with Gasteiger partial charge in [0.15, 0.2) is 0 Å². The summed E-state index contributed by atoms with van der Waals surface area (Å²) in [6, 6.07) is 16.1. The highest BCUT2D eigenvalue weighted by atomic mass is 35.5. The second-order valence-corrected chi connectivity index (χ2v) is 6.48. The topological polar surface area (TPSA) is 75.4 Å². The van der Waals surface area contributed by atoms with Gasteiger partial charge in [0.1, 0.15) is 12.1 Å². The average Bonchev–Trinajstić information content (AvgIpc) is 2.96. The van der Waals surface area contributed by atoms with E-state index in [9.17, 15) is 9.59 Å². The number of hydrogen-bond acceptors (Lipinski definition) is 3. The summed E-state index contributed by atoms with van der Waals surface area (Å²) in [6.45, 7) is 3.18. The Morgan fingerprint density at radius 3 is 2.50 bits per heavy atom. The van der Waals surface area contributed by atoms with Gasteiger partial charge in [-0.05, 0) is 24.5 Å². The van der Waals surface area contributed by atoms with Crippen molar-refractivity contribution in [3.63, 3.8) is 0 Å². The molecule has 1 aliphatic heterocycles. The second-order valence-electron chi connectivity index (χ2n) is 6.48. The van der Waals surface area contributed by atoms with Gasteiger partial charge in [-0.15, -0.1) is 12.4 Å². The van der Waals surface area contributed by atoms with E-state index in [2.05, 4.69) is 5.32 Å². The number of nitrogens with two attached hydrogens (primary N) is 1. The lowest BCUT2D eigenvalue weighted by molar-refractivity contribution is -0.133. The molecule has 3 rings (SSSR count). The zero-order valence-electron chi connectivity index (χ0n) is 14.7. The lowest BCUT2D eigenvalue weighted by atomic mass is 10.0. The van der Waals surface area contributed by atoms with Crippen molar-refractivity contribution < 1.29 is 9.59 Å². The predicted octanol–water partition coefficient (Wildman–Crippen LogP) is 2.33. The molecule has 2 aromatic rings. The molecule has 138 valence electrons. The molecule has 1 saturated heterocycles. The Labute approximate surface area is 160 Å². The number of likely N-dealkylation sites (tertiary alicyclic amines) is 1. The number of aryl methyl sites for hydroxylation is 1. The molecule has 2 aromatic carbocycles. The second kappa shape index (κ2) is 8.83. The van der Waals surface area contributed by atoms with E-state index >= 15 is 0 Å². The van der Waals surface area contributed by atoms with Crippen molar-refractivity contribution in [3.05, 3.63) is 71.3 Å². The Bertz CT molecular complexity index is 749. The van der Waals surface area contributed by atoms with Crippen molar-refractivity contribution in [2.75, 3.05) is 6.54 Å². The van der Waals surface area contributed by atoms with E-state index in [1.54, 1.807) is 4.90 Å². The number of hydrogen-bond donors (Lipinski definition) is 2. The number of carbonyl (C=O) groups is 2. The normalized spacial score (nSPS) is 17.5. The summed E-state index contributed by atoms with van der Waals surface area (Å²) >= 11 is 0. The summed E-state index contributed by atoms with van der Waals surface area (Å²) in [5.74, 6) is -0.364. The summed E-state index contributed by atoms with van der Waals surface area (Å²) in [5, 5.41) is 2.80. The highest BCUT2D eigenvalue weighted by Crippen LogP contribution is 2.17. The summed E-state index contributed by atoms with van der Waals surface area (Å²) in [4.78, 5) is 26.7. The minimum absolute atomic E-state index is 0. The van der Waals surface area contributed by atoms with E-state index < -0.39 is 12.1 Å². The van der Waals surface area contributed by atoms with Crippen LogP contribution < -0.4 is 11.1 Å². The molecule has 26 heavy (non-hydrogen) atoms. The number of nitrogens with zero attached hydrogens (tertiary/aromatic N) is 1. The molecule has 0 radical (unpaired) electrons. The fourth-order valence-corrected chi connectivity index (χ4v) is 3.02. The van der Waals surface area contributed by atoms with E-state index in [-0.39, 0.29) is 24.2 Å². The van der Waals surface area contributed by atoms with Crippen LogP contribution in [0.2, 0.25) is 0 Å². The SMILES string of the molecule is Cc1ccc(C(N)C(=O)NC2CCN(Cc3ccccc3)C2=O)cc1.Cl. The van der Waals surface area contributed by atoms with Crippen molar-refractivity contribution in [1.29, 1.82) is 0 Å². The molecule has 0 saturated carbocycles. The van der Waals surface area contributed by atoms with E-state index in [1.807, 2.05) is 61.5 Å². The van der Waals surface area contributed by atoms with Crippen molar-refractivity contribution in [1.82, 2.24) is 10.2 Å². The molecule has 6 heteroatoms. The van der Waals surface area contributed by atoms with E-state index in [4.69, 9.17) is 5.73 Å². The Morgan fingerprint density at radius 1 is 1.19 bits per heavy atom. The fourth-order valence-electron chi connectivity index (χ4n) is 3.02. The maximum absolute atomic E-state index is 12.5. The van der Waals surface area contributed by atoms with Crippen molar-refractivity contribution in [3.8, 4) is 0 Å². The van der Waals surface area contributed by atoms with Crippen LogP contribution in [0, 0.1) is 6.92 Å². The third kappa shape index (κ3) is 4.62. The predicted molar refractivity (Wildman–Crippen MR) is 104 cm³/mol. The van der Waals surface area contributed by atoms with Gasteiger partial charge in [0, 0.05) is 13.1 Å². The van der Waals surface area contributed by atoms with Crippen molar-refractivity contribution in [2.45, 2.75) is 32.0 Å². The van der Waals surface area contributed by atoms with Crippen LogP contribution in [-0.4, -0.2) is 29.3 Å². The van der Waals surface area contributed by atoms with Crippen LogP contribution in [0.25, 0.3) is 0 Å². The highest BCUT2D eigenvalue weighted by molar-refractivity contribution is 5.91. The molecule has 1 aliphatic rings. The van der Waals surface area contributed by atoms with Gasteiger partial charge in [0.05, 0.1) is 0 Å². The molecule has 2 atom stereocenters. The Hall–Kier alpha value is -2.37. The van der Waals surface area contributed by atoms with Crippen LogP contribution in [0.15, 0.2) is 54.6 Å². The van der Waals surface area contributed by atoms with E-state index in [0.29, 0.717) is 19.5 Å². The zero-order chi connectivity index (χ0) is 17.8. The first-order valence-electron chi connectivity index (χ1n) is 8.50. The number of nitrogens with one attached hydrogen (secondary N) is 1. The van der Waals surface area contributed by atoms with Gasteiger partial charge in [-0.25, -0.2) is 0 Å². The third-order valence-electron chi connectivity index (χ3n) is 4.55. The first-order valence-corrected chi connectivity index (χ1v) is 8.50. The largest absolute Gasteiger partial charge is 0.343 e. The van der Waals surface area contributed by atoms with Crippen LogP contribution in [0.4, 0.5) is 0 Å². The molecule has 3 N–H and O–H groups in total. The molecule has 5 nitrogen and oxygen atoms in total. The summed E-state index contributed by atoms with van der Waals surface area (Å²) in [5.41, 5.74) is 8.97. The number of benzene rings is 2. The maximum atomic E-state index is 12.5. The van der Waals surface area contributed by atoms with Crippen molar-refractivity contribution >= 4 is 24.2 Å². The van der Waals surface area contributed by atoms with Crippen LogP contribution in [0.3, 0.4) is 0 Å². The number of carbonyl (C=O) groups excluding carboxylic acids is 2. The smallest absolute Gasteiger partial charge is 0.245 e. The molecule has 0 aliphatic carbocycles. The first kappa shape index (κ1) is 19.9. The average molecular weight is 374 g/mol. The number of rotatable bonds is 5. The molecule has 1 heterocycles. The van der Waals surface area contributed by atoms with Crippen LogP contribution in [-0.2, 0) is 16.1 Å². The number of amides is 2. The minimum atomic E-state index is -0.767. The maximum Gasteiger partial charge on any atom is 0.245 e. The Morgan fingerprint density at radius 2 is 1.85 bits per heavy atom. The molecular weight excluding hydrogens is 350 g/mol. The van der Waals surface area contributed by atoms with E-state index in [0.717, 1.165) is 16.7 Å². The molecule has 0 bridgehead atoms. The van der Waals surface area contributed by atoms with Gasteiger partial charge in [-0.2, -0.15) is 0 Å². The zero-order valence-corrected chi connectivity index (χ0v) is 15.5. The summed E-state index contributed by atoms with van der Waals surface area (Å²) < 4.78 is 0. The molecule has 1 fully saturated rings. The summed E-state index contributed by atoms with van der Waals surface area (Å²) in [6.07, 6.45) is 0.609.